The number of nitrogens with one attached hydrogen (secondary N) is 1. The van der Waals surface area contributed by atoms with Crippen molar-refractivity contribution in [1.29, 1.82) is 0 Å². The number of H-pyrrole nitrogens is 1. The van der Waals surface area contributed by atoms with Crippen molar-refractivity contribution in [3.8, 4) is 5.75 Å². The first-order valence-corrected chi connectivity index (χ1v) is 7.32. The summed E-state index contributed by atoms with van der Waals surface area (Å²) in [5.74, 6) is 0.962. The first kappa shape index (κ1) is 14.8. The van der Waals surface area contributed by atoms with Crippen molar-refractivity contribution in [2.45, 2.75) is 12.5 Å². The van der Waals surface area contributed by atoms with Gasteiger partial charge < -0.3 is 15.5 Å². The normalized spacial score (nSPS) is 11.8. The highest BCUT2D eigenvalue weighted by atomic mass is 16.5. The van der Waals surface area contributed by atoms with Gasteiger partial charge in [-0.05, 0) is 29.8 Å². The molecular weight excluding hydrogens is 290 g/mol. The molecule has 1 aromatic heterocycles. The van der Waals surface area contributed by atoms with Crippen LogP contribution in [0.4, 0.5) is 0 Å². The van der Waals surface area contributed by atoms with Gasteiger partial charge in [0.2, 0.25) is 5.91 Å². The molecule has 3 aromatic rings. The van der Waals surface area contributed by atoms with E-state index in [0.29, 0.717) is 17.7 Å². The number of aromatic amines is 1. The average Bonchev–Trinajstić information content (AvgIpc) is 3.10. The summed E-state index contributed by atoms with van der Waals surface area (Å²) in [4.78, 5) is 18.5. The van der Waals surface area contributed by atoms with Gasteiger partial charge in [0.1, 0.15) is 11.6 Å². The van der Waals surface area contributed by atoms with E-state index in [1.807, 2.05) is 18.2 Å². The Hall–Kier alpha value is -3.08. The summed E-state index contributed by atoms with van der Waals surface area (Å²) >= 11 is 0. The van der Waals surface area contributed by atoms with Gasteiger partial charge in [0, 0.05) is 24.4 Å². The Balaban J connectivity index is 1.80. The Morgan fingerprint density at radius 3 is 2.48 bits per heavy atom. The molecule has 0 saturated carbocycles. The van der Waals surface area contributed by atoms with Crippen LogP contribution in [0.2, 0.25) is 0 Å². The monoisotopic (exact) mass is 307 g/mol. The highest BCUT2D eigenvalue weighted by molar-refractivity contribution is 5.92. The van der Waals surface area contributed by atoms with Gasteiger partial charge in [-0.2, -0.15) is 0 Å². The number of benzene rings is 2. The zero-order valence-corrected chi connectivity index (χ0v) is 12.5. The number of ether oxygens (including phenoxy) is 1. The standard InChI is InChI=1S/C18H17N3O2/c19-17(22)14-6-8-15(9-7-14)23-16(18-20-10-11-21-18)12-13-4-2-1-3-5-13/h1-11,16H,12H2,(H2,19,22)(H,20,21). The predicted molar refractivity (Wildman–Crippen MR) is 87.1 cm³/mol. The van der Waals surface area contributed by atoms with E-state index in [0.717, 1.165) is 11.4 Å². The zero-order chi connectivity index (χ0) is 16.1. The number of hydrogen-bond donors (Lipinski definition) is 2. The van der Waals surface area contributed by atoms with E-state index in [1.54, 1.807) is 36.7 Å². The zero-order valence-electron chi connectivity index (χ0n) is 12.5. The van der Waals surface area contributed by atoms with Crippen LogP contribution in [0.1, 0.15) is 27.8 Å². The van der Waals surface area contributed by atoms with Crippen molar-refractivity contribution in [2.75, 3.05) is 0 Å². The lowest BCUT2D eigenvalue weighted by molar-refractivity contribution is 0.1000. The summed E-state index contributed by atoms with van der Waals surface area (Å²) in [5, 5.41) is 0. The second-order valence-electron chi connectivity index (χ2n) is 5.16. The largest absolute Gasteiger partial charge is 0.482 e. The number of hydrogen-bond acceptors (Lipinski definition) is 3. The summed E-state index contributed by atoms with van der Waals surface area (Å²) in [6, 6.07) is 16.9. The van der Waals surface area contributed by atoms with E-state index in [-0.39, 0.29) is 6.10 Å². The number of primary amides is 1. The molecule has 1 heterocycles. The molecule has 0 aliphatic heterocycles. The molecule has 3 N–H and O–H groups in total. The lowest BCUT2D eigenvalue weighted by Gasteiger charge is -2.17. The first-order valence-electron chi connectivity index (χ1n) is 7.32. The van der Waals surface area contributed by atoms with Crippen molar-refractivity contribution >= 4 is 5.91 Å². The Morgan fingerprint density at radius 1 is 1.13 bits per heavy atom. The molecule has 116 valence electrons. The van der Waals surface area contributed by atoms with Crippen molar-refractivity contribution in [2.24, 2.45) is 5.73 Å². The molecule has 3 rings (SSSR count). The van der Waals surface area contributed by atoms with Gasteiger partial charge in [-0.25, -0.2) is 4.98 Å². The van der Waals surface area contributed by atoms with Crippen LogP contribution in [0, 0.1) is 0 Å². The third-order valence-electron chi connectivity index (χ3n) is 3.51. The van der Waals surface area contributed by atoms with Gasteiger partial charge in [-0.3, -0.25) is 4.79 Å². The molecule has 23 heavy (non-hydrogen) atoms. The second-order valence-corrected chi connectivity index (χ2v) is 5.16. The quantitative estimate of drug-likeness (QED) is 0.734. The predicted octanol–water partition coefficient (Wildman–Crippen LogP) is 2.87. The average molecular weight is 307 g/mol. The van der Waals surface area contributed by atoms with Gasteiger partial charge in [0.15, 0.2) is 6.10 Å². The summed E-state index contributed by atoms with van der Waals surface area (Å²) in [7, 11) is 0. The van der Waals surface area contributed by atoms with E-state index in [4.69, 9.17) is 10.5 Å². The van der Waals surface area contributed by atoms with Crippen molar-refractivity contribution in [1.82, 2.24) is 9.97 Å². The third-order valence-corrected chi connectivity index (χ3v) is 3.51. The number of carbonyl (C=O) groups excluding carboxylic acids is 1. The van der Waals surface area contributed by atoms with Crippen LogP contribution in [0.3, 0.4) is 0 Å². The molecular formula is C18H17N3O2. The highest BCUT2D eigenvalue weighted by Gasteiger charge is 2.17. The number of aromatic nitrogens is 2. The van der Waals surface area contributed by atoms with Crippen LogP contribution >= 0.6 is 0 Å². The fourth-order valence-electron chi connectivity index (χ4n) is 2.34. The van der Waals surface area contributed by atoms with Crippen LogP contribution in [0.5, 0.6) is 5.75 Å². The van der Waals surface area contributed by atoms with E-state index >= 15 is 0 Å². The minimum atomic E-state index is -0.455. The summed E-state index contributed by atoms with van der Waals surface area (Å²) in [6.45, 7) is 0. The van der Waals surface area contributed by atoms with E-state index in [2.05, 4.69) is 22.1 Å². The molecule has 5 heteroatoms. The minimum Gasteiger partial charge on any atom is -0.482 e. The van der Waals surface area contributed by atoms with E-state index in [9.17, 15) is 4.79 Å². The SMILES string of the molecule is NC(=O)c1ccc(OC(Cc2ccccc2)c2ncc[nH]2)cc1. The maximum absolute atomic E-state index is 11.1. The van der Waals surface area contributed by atoms with E-state index < -0.39 is 5.91 Å². The van der Waals surface area contributed by atoms with Gasteiger partial charge >= 0.3 is 0 Å². The fraction of sp³-hybridized carbons (Fsp3) is 0.111. The Kier molecular flexibility index (Phi) is 4.38. The molecule has 0 spiro atoms. The highest BCUT2D eigenvalue weighted by Crippen LogP contribution is 2.23. The molecule has 0 bridgehead atoms. The molecule has 0 aliphatic rings. The van der Waals surface area contributed by atoms with Crippen molar-refractivity contribution in [3.05, 3.63) is 83.9 Å². The number of nitrogens with two attached hydrogens (primary N) is 1. The number of nitrogens with zero attached hydrogens (tertiary/aromatic N) is 1. The third kappa shape index (κ3) is 3.77. The van der Waals surface area contributed by atoms with Crippen LogP contribution in [0.15, 0.2) is 67.0 Å². The van der Waals surface area contributed by atoms with Crippen molar-refractivity contribution < 1.29 is 9.53 Å². The molecule has 1 amide bonds. The first-order chi connectivity index (χ1) is 11.2. The van der Waals surface area contributed by atoms with Gasteiger partial charge in [0.25, 0.3) is 0 Å². The number of rotatable bonds is 6. The maximum Gasteiger partial charge on any atom is 0.248 e. The Bertz CT molecular complexity index is 753. The summed E-state index contributed by atoms with van der Waals surface area (Å²) in [6.07, 6.45) is 3.91. The lowest BCUT2D eigenvalue weighted by Crippen LogP contribution is -2.13. The Labute approximate surface area is 134 Å². The molecule has 0 aliphatic carbocycles. The molecule has 0 radical (unpaired) electrons. The Morgan fingerprint density at radius 2 is 1.87 bits per heavy atom. The number of amides is 1. The summed E-state index contributed by atoms with van der Waals surface area (Å²) in [5.41, 5.74) is 6.86. The molecule has 5 nitrogen and oxygen atoms in total. The second kappa shape index (κ2) is 6.79. The lowest BCUT2D eigenvalue weighted by atomic mass is 10.1. The molecule has 0 fully saturated rings. The van der Waals surface area contributed by atoms with Crippen molar-refractivity contribution in [3.63, 3.8) is 0 Å². The van der Waals surface area contributed by atoms with Gasteiger partial charge in [0.05, 0.1) is 0 Å². The van der Waals surface area contributed by atoms with Crippen LogP contribution in [0.25, 0.3) is 0 Å². The molecule has 0 saturated heterocycles. The molecule has 1 atom stereocenters. The van der Waals surface area contributed by atoms with Crippen LogP contribution < -0.4 is 10.5 Å². The fourth-order valence-corrected chi connectivity index (χ4v) is 2.34. The van der Waals surface area contributed by atoms with E-state index in [1.165, 1.54) is 0 Å². The van der Waals surface area contributed by atoms with Crippen LogP contribution in [-0.2, 0) is 6.42 Å². The number of imidazole rings is 1. The molecule has 1 unspecified atom stereocenters. The summed E-state index contributed by atoms with van der Waals surface area (Å²) < 4.78 is 6.05. The van der Waals surface area contributed by atoms with Gasteiger partial charge in [-0.15, -0.1) is 0 Å². The topological polar surface area (TPSA) is 81.0 Å². The number of carbonyl (C=O) groups is 1. The smallest absolute Gasteiger partial charge is 0.248 e. The maximum atomic E-state index is 11.1. The minimum absolute atomic E-state index is 0.244. The molecule has 2 aromatic carbocycles. The van der Waals surface area contributed by atoms with Gasteiger partial charge in [-0.1, -0.05) is 30.3 Å². The van der Waals surface area contributed by atoms with Crippen LogP contribution in [-0.4, -0.2) is 15.9 Å².